The highest BCUT2D eigenvalue weighted by atomic mass is 33.1. The lowest BCUT2D eigenvalue weighted by Crippen LogP contribution is -2.33. The Hall–Kier alpha value is -2.12. The van der Waals surface area contributed by atoms with E-state index >= 15 is 0 Å². The van der Waals surface area contributed by atoms with E-state index in [1.807, 2.05) is 51.9 Å². The smallest absolute Gasteiger partial charge is 0.143 e. The van der Waals surface area contributed by atoms with Gasteiger partial charge in [0, 0.05) is 23.7 Å². The zero-order valence-corrected chi connectivity index (χ0v) is 22.7. The van der Waals surface area contributed by atoms with Gasteiger partial charge in [0.05, 0.1) is 14.2 Å². The Morgan fingerprint density at radius 3 is 1.74 bits per heavy atom. The summed E-state index contributed by atoms with van der Waals surface area (Å²) in [6.07, 6.45) is 1.70. The molecule has 3 aromatic carbocycles. The Balaban J connectivity index is 1.90. The SMILES string of the molecule is COc1ccc(C(OCCCSSC(C)(C)CCO)(c2ccccc2)c2ccc(OC)cc2)cc1. The van der Waals surface area contributed by atoms with E-state index in [-0.39, 0.29) is 11.4 Å². The van der Waals surface area contributed by atoms with Gasteiger partial charge in [-0.05, 0) is 67.6 Å². The van der Waals surface area contributed by atoms with Crippen molar-refractivity contribution in [2.75, 3.05) is 33.2 Å². The third kappa shape index (κ3) is 7.20. The second-order valence-corrected chi connectivity index (χ2v) is 12.0. The standard InChI is InChI=1S/C29H36O4S2/c1-28(2,19-20-30)35-34-22-8-21-33-29(23-9-6-5-7-10-23,24-11-15-26(31-3)16-12-24)25-13-17-27(32-4)18-14-25/h5-7,9-18,30H,8,19-22H2,1-4H3. The molecular weight excluding hydrogens is 476 g/mol. The molecule has 0 fully saturated rings. The summed E-state index contributed by atoms with van der Waals surface area (Å²) < 4.78 is 17.8. The number of ether oxygens (including phenoxy) is 3. The lowest BCUT2D eigenvalue weighted by atomic mass is 9.80. The van der Waals surface area contributed by atoms with E-state index in [1.165, 1.54) is 0 Å². The van der Waals surface area contributed by atoms with Crippen LogP contribution in [0.5, 0.6) is 11.5 Å². The normalized spacial score (nSPS) is 11.9. The van der Waals surface area contributed by atoms with Crippen molar-refractivity contribution in [1.29, 1.82) is 0 Å². The summed E-state index contributed by atoms with van der Waals surface area (Å²) in [5, 5.41) is 9.26. The van der Waals surface area contributed by atoms with Crippen LogP contribution in [0.1, 0.15) is 43.4 Å². The van der Waals surface area contributed by atoms with Crippen molar-refractivity contribution in [1.82, 2.24) is 0 Å². The number of hydrogen-bond acceptors (Lipinski definition) is 6. The zero-order valence-electron chi connectivity index (χ0n) is 21.0. The maximum absolute atomic E-state index is 9.26. The molecule has 0 saturated carbocycles. The van der Waals surface area contributed by atoms with Gasteiger partial charge in [0.2, 0.25) is 0 Å². The molecule has 0 aliphatic carbocycles. The minimum absolute atomic E-state index is 0.0558. The molecule has 4 nitrogen and oxygen atoms in total. The number of hydrogen-bond donors (Lipinski definition) is 1. The van der Waals surface area contributed by atoms with Crippen LogP contribution in [0.3, 0.4) is 0 Å². The fraction of sp³-hybridized carbons (Fsp3) is 0.379. The van der Waals surface area contributed by atoms with Crippen molar-refractivity contribution < 1.29 is 19.3 Å². The Kier molecular flexibility index (Phi) is 10.4. The molecule has 3 aromatic rings. The van der Waals surface area contributed by atoms with Gasteiger partial charge >= 0.3 is 0 Å². The summed E-state index contributed by atoms with van der Waals surface area (Å²) in [6.45, 7) is 5.16. The third-order valence-electron chi connectivity index (χ3n) is 5.86. The van der Waals surface area contributed by atoms with E-state index < -0.39 is 5.60 Å². The summed E-state index contributed by atoms with van der Waals surface area (Å²) in [5.41, 5.74) is 2.39. The summed E-state index contributed by atoms with van der Waals surface area (Å²) in [4.78, 5) is 0. The summed E-state index contributed by atoms with van der Waals surface area (Å²) in [6, 6.07) is 26.6. The Bertz CT molecular complexity index is 958. The van der Waals surface area contributed by atoms with Gasteiger partial charge in [-0.25, -0.2) is 0 Å². The molecule has 0 bridgehead atoms. The van der Waals surface area contributed by atoms with Crippen molar-refractivity contribution in [3.05, 3.63) is 95.6 Å². The second-order valence-electron chi connectivity index (χ2n) is 8.84. The minimum atomic E-state index is -0.770. The highest BCUT2D eigenvalue weighted by Crippen LogP contribution is 2.42. The topological polar surface area (TPSA) is 47.9 Å². The molecule has 0 unspecified atom stereocenters. The Labute approximate surface area is 217 Å². The number of rotatable bonds is 14. The van der Waals surface area contributed by atoms with Gasteiger partial charge in [-0.3, -0.25) is 0 Å². The second kappa shape index (κ2) is 13.3. The molecule has 0 saturated heterocycles. The van der Waals surface area contributed by atoms with Crippen LogP contribution in [-0.2, 0) is 10.3 Å². The van der Waals surface area contributed by atoms with Crippen LogP contribution in [0.2, 0.25) is 0 Å². The summed E-state index contributed by atoms with van der Waals surface area (Å²) in [5.74, 6) is 2.59. The first-order chi connectivity index (χ1) is 16.9. The van der Waals surface area contributed by atoms with Gasteiger partial charge in [0.15, 0.2) is 0 Å². The van der Waals surface area contributed by atoms with Crippen molar-refractivity contribution >= 4 is 21.6 Å². The fourth-order valence-corrected chi connectivity index (χ4v) is 6.55. The van der Waals surface area contributed by atoms with Crippen LogP contribution in [-0.4, -0.2) is 43.0 Å². The first-order valence-corrected chi connectivity index (χ1v) is 14.2. The summed E-state index contributed by atoms with van der Waals surface area (Å²) in [7, 11) is 7.03. The Morgan fingerprint density at radius 2 is 1.26 bits per heavy atom. The van der Waals surface area contributed by atoms with Gasteiger partial charge in [0.25, 0.3) is 0 Å². The average Bonchev–Trinajstić information content (AvgIpc) is 2.89. The molecule has 0 aliphatic heterocycles. The van der Waals surface area contributed by atoms with E-state index in [0.29, 0.717) is 6.61 Å². The number of aliphatic hydroxyl groups excluding tert-OH is 1. The predicted molar refractivity (Wildman–Crippen MR) is 149 cm³/mol. The van der Waals surface area contributed by atoms with E-state index in [4.69, 9.17) is 14.2 Å². The first-order valence-electron chi connectivity index (χ1n) is 11.9. The van der Waals surface area contributed by atoms with Crippen LogP contribution in [0.15, 0.2) is 78.9 Å². The number of methoxy groups -OCH3 is 2. The molecule has 0 heterocycles. The van der Waals surface area contributed by atoms with E-state index in [2.05, 4.69) is 62.4 Å². The lowest BCUT2D eigenvalue weighted by Gasteiger charge is -2.36. The van der Waals surface area contributed by atoms with Gasteiger partial charge < -0.3 is 19.3 Å². The van der Waals surface area contributed by atoms with E-state index in [1.54, 1.807) is 14.2 Å². The maximum atomic E-state index is 9.26. The maximum Gasteiger partial charge on any atom is 0.143 e. The number of aliphatic hydroxyl groups is 1. The molecule has 0 atom stereocenters. The Morgan fingerprint density at radius 1 is 0.743 bits per heavy atom. The minimum Gasteiger partial charge on any atom is -0.497 e. The van der Waals surface area contributed by atoms with Gasteiger partial charge in [-0.2, -0.15) is 0 Å². The van der Waals surface area contributed by atoms with Gasteiger partial charge in [-0.1, -0.05) is 76.2 Å². The van der Waals surface area contributed by atoms with E-state index in [9.17, 15) is 5.11 Å². The zero-order chi connectivity index (χ0) is 25.2. The molecular formula is C29H36O4S2. The molecule has 188 valence electrons. The fourth-order valence-electron chi connectivity index (χ4n) is 3.93. The van der Waals surface area contributed by atoms with Gasteiger partial charge in [-0.15, -0.1) is 0 Å². The molecule has 0 aliphatic rings. The molecule has 0 spiro atoms. The predicted octanol–water partition coefficient (Wildman–Crippen LogP) is 6.94. The molecule has 0 amide bonds. The van der Waals surface area contributed by atoms with Crippen molar-refractivity contribution in [3.8, 4) is 11.5 Å². The summed E-state index contributed by atoms with van der Waals surface area (Å²) >= 11 is 0. The molecule has 1 N–H and O–H groups in total. The molecule has 35 heavy (non-hydrogen) atoms. The molecule has 3 rings (SSSR count). The molecule has 6 heteroatoms. The van der Waals surface area contributed by atoms with Crippen LogP contribution in [0, 0.1) is 0 Å². The van der Waals surface area contributed by atoms with Crippen LogP contribution in [0.4, 0.5) is 0 Å². The van der Waals surface area contributed by atoms with Crippen molar-refractivity contribution in [2.24, 2.45) is 0 Å². The average molecular weight is 513 g/mol. The largest absolute Gasteiger partial charge is 0.497 e. The van der Waals surface area contributed by atoms with Crippen LogP contribution in [0.25, 0.3) is 0 Å². The van der Waals surface area contributed by atoms with E-state index in [0.717, 1.165) is 46.8 Å². The highest BCUT2D eigenvalue weighted by molar-refractivity contribution is 8.77. The lowest BCUT2D eigenvalue weighted by molar-refractivity contribution is 0.0137. The van der Waals surface area contributed by atoms with Crippen LogP contribution < -0.4 is 9.47 Å². The first kappa shape index (κ1) is 27.5. The highest BCUT2D eigenvalue weighted by Gasteiger charge is 2.37. The van der Waals surface area contributed by atoms with Gasteiger partial charge in [0.1, 0.15) is 17.1 Å². The van der Waals surface area contributed by atoms with Crippen LogP contribution >= 0.6 is 21.6 Å². The van der Waals surface area contributed by atoms with Crippen molar-refractivity contribution in [3.63, 3.8) is 0 Å². The number of benzene rings is 3. The molecule has 0 radical (unpaired) electrons. The monoisotopic (exact) mass is 512 g/mol. The van der Waals surface area contributed by atoms with Crippen molar-refractivity contribution in [2.45, 2.75) is 37.0 Å². The quantitative estimate of drug-likeness (QED) is 0.143. The third-order valence-corrected chi connectivity index (χ3v) is 9.30. The molecule has 0 aromatic heterocycles.